The zero-order chi connectivity index (χ0) is 11.7. The van der Waals surface area contributed by atoms with Crippen LogP contribution in [0.5, 0.6) is 0 Å². The Bertz CT molecular complexity index is 561. The average molecular weight is 215 g/mol. The van der Waals surface area contributed by atoms with Crippen LogP contribution in [0, 0.1) is 6.92 Å². The fraction of sp³-hybridized carbons (Fsp3) is 0.231. The molecule has 0 aliphatic heterocycles. The minimum atomic E-state index is -0.918. The Morgan fingerprint density at radius 1 is 1.38 bits per heavy atom. The van der Waals surface area contributed by atoms with Crippen LogP contribution >= 0.6 is 0 Å². The lowest BCUT2D eigenvalue weighted by molar-refractivity contribution is 0.0698. The standard InChI is InChI=1S/C13H13NO2/c1-3-9-6-10-5-4-8(2)14-12(10)11(7-9)13(15)16/h4-7H,3H2,1-2H3,(H,15,16). The van der Waals surface area contributed by atoms with Crippen LogP contribution in [0.2, 0.25) is 0 Å². The summed E-state index contributed by atoms with van der Waals surface area (Å²) in [5, 5.41) is 10.0. The molecule has 0 aliphatic carbocycles. The Kier molecular flexibility index (Phi) is 2.60. The maximum Gasteiger partial charge on any atom is 0.337 e. The van der Waals surface area contributed by atoms with Crippen LogP contribution in [0.3, 0.4) is 0 Å². The van der Waals surface area contributed by atoms with E-state index in [1.54, 1.807) is 6.07 Å². The molecule has 0 radical (unpaired) electrons. The van der Waals surface area contributed by atoms with Crippen molar-refractivity contribution in [2.24, 2.45) is 0 Å². The van der Waals surface area contributed by atoms with Crippen LogP contribution in [0.25, 0.3) is 10.9 Å². The fourth-order valence-corrected chi connectivity index (χ4v) is 1.76. The minimum Gasteiger partial charge on any atom is -0.478 e. The molecule has 0 bridgehead atoms. The minimum absolute atomic E-state index is 0.290. The molecule has 0 fully saturated rings. The lowest BCUT2D eigenvalue weighted by Gasteiger charge is -2.06. The van der Waals surface area contributed by atoms with Crippen molar-refractivity contribution in [2.75, 3.05) is 0 Å². The molecule has 1 aromatic heterocycles. The molecule has 82 valence electrons. The number of carboxylic acids is 1. The first-order chi connectivity index (χ1) is 7.61. The van der Waals surface area contributed by atoms with Gasteiger partial charge in [0.1, 0.15) is 0 Å². The van der Waals surface area contributed by atoms with Crippen molar-refractivity contribution < 1.29 is 9.90 Å². The van der Waals surface area contributed by atoms with Crippen LogP contribution in [-0.4, -0.2) is 16.1 Å². The highest BCUT2D eigenvalue weighted by Gasteiger charge is 2.11. The van der Waals surface area contributed by atoms with E-state index in [9.17, 15) is 4.79 Å². The summed E-state index contributed by atoms with van der Waals surface area (Å²) in [7, 11) is 0. The molecule has 2 aromatic rings. The highest BCUT2D eigenvalue weighted by Crippen LogP contribution is 2.20. The number of pyridine rings is 1. The maximum atomic E-state index is 11.2. The number of aryl methyl sites for hydroxylation is 2. The van der Waals surface area contributed by atoms with Crippen molar-refractivity contribution >= 4 is 16.9 Å². The molecule has 1 N–H and O–H groups in total. The Morgan fingerprint density at radius 3 is 2.75 bits per heavy atom. The number of carbonyl (C=O) groups is 1. The van der Waals surface area contributed by atoms with Gasteiger partial charge in [-0.1, -0.05) is 13.0 Å². The zero-order valence-electron chi connectivity index (χ0n) is 9.32. The van der Waals surface area contributed by atoms with Crippen molar-refractivity contribution in [2.45, 2.75) is 20.3 Å². The van der Waals surface area contributed by atoms with Gasteiger partial charge in [0.15, 0.2) is 0 Å². The summed E-state index contributed by atoms with van der Waals surface area (Å²) in [6.45, 7) is 3.87. The van der Waals surface area contributed by atoms with Crippen molar-refractivity contribution in [3.63, 3.8) is 0 Å². The third-order valence-electron chi connectivity index (χ3n) is 2.63. The first-order valence-corrected chi connectivity index (χ1v) is 5.25. The van der Waals surface area contributed by atoms with Crippen molar-refractivity contribution in [3.05, 3.63) is 41.1 Å². The van der Waals surface area contributed by atoms with Gasteiger partial charge in [-0.3, -0.25) is 4.98 Å². The van der Waals surface area contributed by atoms with Crippen LogP contribution in [-0.2, 0) is 6.42 Å². The molecule has 3 nitrogen and oxygen atoms in total. The molecule has 0 unspecified atom stereocenters. The number of aromatic nitrogens is 1. The van der Waals surface area contributed by atoms with Gasteiger partial charge in [-0.15, -0.1) is 0 Å². The monoisotopic (exact) mass is 215 g/mol. The number of hydrogen-bond donors (Lipinski definition) is 1. The second-order valence-electron chi connectivity index (χ2n) is 3.83. The van der Waals surface area contributed by atoms with E-state index >= 15 is 0 Å². The third kappa shape index (κ3) is 1.76. The normalized spacial score (nSPS) is 10.6. The van der Waals surface area contributed by atoms with Gasteiger partial charge in [0, 0.05) is 11.1 Å². The summed E-state index contributed by atoms with van der Waals surface area (Å²) in [6, 6.07) is 7.52. The molecule has 0 saturated carbocycles. The van der Waals surface area contributed by atoms with Crippen LogP contribution in [0.15, 0.2) is 24.3 Å². The molecule has 0 aliphatic rings. The molecule has 3 heteroatoms. The summed E-state index contributed by atoms with van der Waals surface area (Å²) in [5.74, 6) is -0.918. The van der Waals surface area contributed by atoms with Gasteiger partial charge in [0.2, 0.25) is 0 Å². The summed E-state index contributed by atoms with van der Waals surface area (Å²) in [5.41, 5.74) is 2.72. The van der Waals surface area contributed by atoms with Gasteiger partial charge < -0.3 is 5.11 Å². The van der Waals surface area contributed by atoms with Gasteiger partial charge in [-0.2, -0.15) is 0 Å². The van der Waals surface area contributed by atoms with E-state index in [1.165, 1.54) is 0 Å². The number of hydrogen-bond acceptors (Lipinski definition) is 2. The van der Waals surface area contributed by atoms with E-state index in [0.717, 1.165) is 23.1 Å². The van der Waals surface area contributed by atoms with Crippen LogP contribution in [0.1, 0.15) is 28.5 Å². The molecule has 1 aromatic carbocycles. The molecule has 0 spiro atoms. The molecule has 0 atom stereocenters. The Labute approximate surface area is 93.7 Å². The topological polar surface area (TPSA) is 50.2 Å². The summed E-state index contributed by atoms with van der Waals surface area (Å²) < 4.78 is 0. The maximum absolute atomic E-state index is 11.2. The number of aromatic carboxylic acids is 1. The first kappa shape index (κ1) is 10.6. The number of fused-ring (bicyclic) bond motifs is 1. The fourth-order valence-electron chi connectivity index (χ4n) is 1.76. The zero-order valence-corrected chi connectivity index (χ0v) is 9.32. The Morgan fingerprint density at radius 2 is 2.12 bits per heavy atom. The van der Waals surface area contributed by atoms with E-state index in [0.29, 0.717) is 5.52 Å². The second kappa shape index (κ2) is 3.93. The number of nitrogens with zero attached hydrogens (tertiary/aromatic N) is 1. The number of benzene rings is 1. The third-order valence-corrected chi connectivity index (χ3v) is 2.63. The molecular formula is C13H13NO2. The van der Waals surface area contributed by atoms with E-state index < -0.39 is 5.97 Å². The largest absolute Gasteiger partial charge is 0.478 e. The molecule has 16 heavy (non-hydrogen) atoms. The second-order valence-corrected chi connectivity index (χ2v) is 3.83. The predicted octanol–water partition coefficient (Wildman–Crippen LogP) is 2.80. The van der Waals surface area contributed by atoms with Gasteiger partial charge in [-0.05, 0) is 37.1 Å². The van der Waals surface area contributed by atoms with Crippen molar-refractivity contribution in [1.82, 2.24) is 4.98 Å². The predicted molar refractivity (Wildman–Crippen MR) is 62.8 cm³/mol. The van der Waals surface area contributed by atoms with Gasteiger partial charge in [0.25, 0.3) is 0 Å². The van der Waals surface area contributed by atoms with Gasteiger partial charge in [-0.25, -0.2) is 4.79 Å². The van der Waals surface area contributed by atoms with Crippen molar-refractivity contribution in [3.8, 4) is 0 Å². The quantitative estimate of drug-likeness (QED) is 0.838. The highest BCUT2D eigenvalue weighted by atomic mass is 16.4. The Hall–Kier alpha value is -1.90. The van der Waals surface area contributed by atoms with E-state index in [1.807, 2.05) is 32.0 Å². The first-order valence-electron chi connectivity index (χ1n) is 5.25. The molecular weight excluding hydrogens is 202 g/mol. The number of rotatable bonds is 2. The molecule has 1 heterocycles. The summed E-state index contributed by atoms with van der Waals surface area (Å²) in [4.78, 5) is 15.4. The van der Waals surface area contributed by atoms with E-state index in [2.05, 4.69) is 4.98 Å². The lowest BCUT2D eigenvalue weighted by Crippen LogP contribution is -2.01. The summed E-state index contributed by atoms with van der Waals surface area (Å²) >= 11 is 0. The average Bonchev–Trinajstić information content (AvgIpc) is 2.27. The van der Waals surface area contributed by atoms with Gasteiger partial charge in [0.05, 0.1) is 11.1 Å². The summed E-state index contributed by atoms with van der Waals surface area (Å²) in [6.07, 6.45) is 0.824. The van der Waals surface area contributed by atoms with Gasteiger partial charge >= 0.3 is 5.97 Å². The van der Waals surface area contributed by atoms with E-state index in [-0.39, 0.29) is 5.56 Å². The molecule has 0 saturated heterocycles. The number of carboxylic acid groups (broad SMARTS) is 1. The molecule has 2 rings (SSSR count). The SMILES string of the molecule is CCc1cc(C(=O)O)c2nc(C)ccc2c1. The van der Waals surface area contributed by atoms with Crippen LogP contribution in [0.4, 0.5) is 0 Å². The Balaban J connectivity index is 2.82. The smallest absolute Gasteiger partial charge is 0.337 e. The van der Waals surface area contributed by atoms with Crippen LogP contribution < -0.4 is 0 Å². The van der Waals surface area contributed by atoms with E-state index in [4.69, 9.17) is 5.11 Å². The van der Waals surface area contributed by atoms with Crippen molar-refractivity contribution in [1.29, 1.82) is 0 Å². The lowest BCUT2D eigenvalue weighted by atomic mass is 10.0. The molecule has 0 amide bonds. The highest BCUT2D eigenvalue weighted by molar-refractivity contribution is 6.02.